The van der Waals surface area contributed by atoms with E-state index >= 15 is 0 Å². The van der Waals surface area contributed by atoms with Crippen LogP contribution in [0.2, 0.25) is 0 Å². The van der Waals surface area contributed by atoms with Crippen LogP contribution in [0.4, 0.5) is 0 Å². The molecule has 26 heavy (non-hydrogen) atoms. The number of benzene rings is 2. The SMILES string of the molecule is O=C(CCc1ccsc1C(=O)O)c1ccccc1OCc1ccccc1. The highest BCUT2D eigenvalue weighted by atomic mass is 32.1. The standard InChI is InChI=1S/C21H18O4S/c22-18(11-10-16-12-13-26-20(16)21(23)24)17-8-4-5-9-19(17)25-14-15-6-2-1-3-7-15/h1-9,12-13H,10-11,14H2,(H,23,24). The van der Waals surface area contributed by atoms with Gasteiger partial charge >= 0.3 is 5.97 Å². The number of hydrogen-bond acceptors (Lipinski definition) is 4. The van der Waals surface area contributed by atoms with Crippen LogP contribution >= 0.6 is 11.3 Å². The molecule has 0 aliphatic heterocycles. The largest absolute Gasteiger partial charge is 0.488 e. The summed E-state index contributed by atoms with van der Waals surface area (Å²) in [6.45, 7) is 0.388. The number of para-hydroxylation sites is 1. The molecule has 0 bridgehead atoms. The number of carbonyl (C=O) groups is 2. The van der Waals surface area contributed by atoms with Gasteiger partial charge in [-0.3, -0.25) is 4.79 Å². The van der Waals surface area contributed by atoms with Gasteiger partial charge in [0.2, 0.25) is 0 Å². The molecular formula is C21H18O4S. The fourth-order valence-electron chi connectivity index (χ4n) is 2.66. The van der Waals surface area contributed by atoms with Gasteiger partial charge in [-0.1, -0.05) is 42.5 Å². The molecule has 0 saturated carbocycles. The molecule has 5 heteroatoms. The molecule has 0 fully saturated rings. The summed E-state index contributed by atoms with van der Waals surface area (Å²) in [4.78, 5) is 24.1. The van der Waals surface area contributed by atoms with Gasteiger partial charge in [0.05, 0.1) is 5.56 Å². The van der Waals surface area contributed by atoms with Crippen molar-refractivity contribution in [2.45, 2.75) is 19.4 Å². The summed E-state index contributed by atoms with van der Waals surface area (Å²) in [6.07, 6.45) is 0.639. The lowest BCUT2D eigenvalue weighted by Crippen LogP contribution is -2.06. The minimum Gasteiger partial charge on any atom is -0.488 e. The zero-order valence-corrected chi connectivity index (χ0v) is 14.9. The van der Waals surface area contributed by atoms with Crippen LogP contribution < -0.4 is 4.74 Å². The minimum absolute atomic E-state index is 0.0591. The van der Waals surface area contributed by atoms with Gasteiger partial charge in [-0.2, -0.15) is 0 Å². The van der Waals surface area contributed by atoms with E-state index in [1.807, 2.05) is 36.4 Å². The number of aromatic carboxylic acids is 1. The highest BCUT2D eigenvalue weighted by Gasteiger charge is 2.16. The van der Waals surface area contributed by atoms with E-state index in [-0.39, 0.29) is 12.2 Å². The Labute approximate surface area is 155 Å². The monoisotopic (exact) mass is 366 g/mol. The third-order valence-corrected chi connectivity index (χ3v) is 4.93. The fourth-order valence-corrected chi connectivity index (χ4v) is 3.45. The number of hydrogen-bond donors (Lipinski definition) is 1. The third-order valence-electron chi connectivity index (χ3n) is 3.99. The number of rotatable bonds is 8. The van der Waals surface area contributed by atoms with E-state index in [2.05, 4.69) is 0 Å². The van der Waals surface area contributed by atoms with Gasteiger partial charge in [0.1, 0.15) is 17.2 Å². The van der Waals surface area contributed by atoms with E-state index < -0.39 is 5.97 Å². The molecule has 0 spiro atoms. The Hall–Kier alpha value is -2.92. The molecule has 3 aromatic rings. The number of carbonyl (C=O) groups excluding carboxylic acids is 1. The maximum Gasteiger partial charge on any atom is 0.346 e. The Bertz CT molecular complexity index is 899. The van der Waals surface area contributed by atoms with Gasteiger partial charge < -0.3 is 9.84 Å². The zero-order chi connectivity index (χ0) is 18.4. The molecule has 3 rings (SSSR count). The zero-order valence-electron chi connectivity index (χ0n) is 14.1. The summed E-state index contributed by atoms with van der Waals surface area (Å²) in [5.74, 6) is -0.463. The van der Waals surface area contributed by atoms with Crippen molar-refractivity contribution < 1.29 is 19.4 Å². The quantitative estimate of drug-likeness (QED) is 0.579. The van der Waals surface area contributed by atoms with Crippen LogP contribution in [-0.4, -0.2) is 16.9 Å². The highest BCUT2D eigenvalue weighted by molar-refractivity contribution is 7.12. The van der Waals surface area contributed by atoms with E-state index in [0.717, 1.165) is 5.56 Å². The van der Waals surface area contributed by atoms with Crippen molar-refractivity contribution in [3.8, 4) is 5.75 Å². The lowest BCUT2D eigenvalue weighted by molar-refractivity contribution is 0.0700. The second-order valence-corrected chi connectivity index (χ2v) is 6.69. The normalized spacial score (nSPS) is 10.5. The van der Waals surface area contributed by atoms with E-state index in [4.69, 9.17) is 9.84 Å². The molecular weight excluding hydrogens is 348 g/mol. The van der Waals surface area contributed by atoms with Crippen LogP contribution in [0.1, 0.15) is 37.6 Å². The Kier molecular flexibility index (Phi) is 5.81. The predicted octanol–water partition coefficient (Wildman–Crippen LogP) is 4.84. The van der Waals surface area contributed by atoms with Crippen molar-refractivity contribution in [1.29, 1.82) is 0 Å². The topological polar surface area (TPSA) is 63.6 Å². The molecule has 1 heterocycles. The predicted molar refractivity (Wildman–Crippen MR) is 101 cm³/mol. The molecule has 0 aliphatic rings. The summed E-state index contributed by atoms with van der Waals surface area (Å²) < 4.78 is 5.83. The minimum atomic E-state index is -0.950. The summed E-state index contributed by atoms with van der Waals surface area (Å²) in [5, 5.41) is 10.9. The van der Waals surface area contributed by atoms with Crippen molar-refractivity contribution in [2.75, 3.05) is 0 Å². The van der Waals surface area contributed by atoms with Crippen molar-refractivity contribution >= 4 is 23.1 Å². The highest BCUT2D eigenvalue weighted by Crippen LogP contribution is 2.23. The smallest absolute Gasteiger partial charge is 0.346 e. The molecule has 2 aromatic carbocycles. The number of aryl methyl sites for hydroxylation is 1. The van der Waals surface area contributed by atoms with Crippen molar-refractivity contribution in [3.05, 3.63) is 87.6 Å². The van der Waals surface area contributed by atoms with E-state index in [0.29, 0.717) is 34.8 Å². The lowest BCUT2D eigenvalue weighted by atomic mass is 10.0. The maximum atomic E-state index is 12.6. The summed E-state index contributed by atoms with van der Waals surface area (Å²) >= 11 is 1.18. The fraction of sp³-hybridized carbons (Fsp3) is 0.143. The van der Waals surface area contributed by atoms with Crippen LogP contribution in [0.15, 0.2) is 66.0 Å². The Morgan fingerprint density at radius 1 is 0.962 bits per heavy atom. The van der Waals surface area contributed by atoms with E-state index in [1.54, 1.807) is 29.6 Å². The molecule has 4 nitrogen and oxygen atoms in total. The second kappa shape index (κ2) is 8.45. The second-order valence-electron chi connectivity index (χ2n) is 5.77. The molecule has 0 amide bonds. The van der Waals surface area contributed by atoms with Gasteiger partial charge in [-0.05, 0) is 41.1 Å². The molecule has 1 aromatic heterocycles. The van der Waals surface area contributed by atoms with Gasteiger partial charge in [-0.25, -0.2) is 4.79 Å². The van der Waals surface area contributed by atoms with E-state index in [9.17, 15) is 9.59 Å². The van der Waals surface area contributed by atoms with Gasteiger partial charge in [0, 0.05) is 6.42 Å². The first-order chi connectivity index (χ1) is 12.6. The summed E-state index contributed by atoms with van der Waals surface area (Å²) in [6, 6.07) is 18.7. The van der Waals surface area contributed by atoms with Crippen LogP contribution in [0, 0.1) is 0 Å². The number of ketones is 1. The van der Waals surface area contributed by atoms with Crippen LogP contribution in [-0.2, 0) is 13.0 Å². The maximum absolute atomic E-state index is 12.6. The molecule has 0 saturated heterocycles. The van der Waals surface area contributed by atoms with Crippen molar-refractivity contribution in [2.24, 2.45) is 0 Å². The van der Waals surface area contributed by atoms with Crippen molar-refractivity contribution in [3.63, 3.8) is 0 Å². The molecule has 0 radical (unpaired) electrons. The Balaban J connectivity index is 1.67. The molecule has 0 aliphatic carbocycles. The number of carboxylic acids is 1. The first-order valence-corrected chi connectivity index (χ1v) is 9.11. The lowest BCUT2D eigenvalue weighted by Gasteiger charge is -2.11. The van der Waals surface area contributed by atoms with Gasteiger partial charge in [0.25, 0.3) is 0 Å². The molecule has 1 N–H and O–H groups in total. The first-order valence-electron chi connectivity index (χ1n) is 8.24. The number of thiophene rings is 1. The van der Waals surface area contributed by atoms with E-state index in [1.165, 1.54) is 11.3 Å². The summed E-state index contributed by atoms with van der Waals surface area (Å²) in [7, 11) is 0. The van der Waals surface area contributed by atoms with Crippen molar-refractivity contribution in [1.82, 2.24) is 0 Å². The Morgan fingerprint density at radius 2 is 1.69 bits per heavy atom. The van der Waals surface area contributed by atoms with Crippen LogP contribution in [0.25, 0.3) is 0 Å². The number of carboxylic acid groups (broad SMARTS) is 1. The van der Waals surface area contributed by atoms with Gasteiger partial charge in [-0.15, -0.1) is 11.3 Å². The average molecular weight is 366 g/mol. The number of ether oxygens (including phenoxy) is 1. The van der Waals surface area contributed by atoms with Crippen LogP contribution in [0.5, 0.6) is 5.75 Å². The molecule has 0 atom stereocenters. The molecule has 132 valence electrons. The molecule has 0 unspecified atom stereocenters. The van der Waals surface area contributed by atoms with Gasteiger partial charge in [0.15, 0.2) is 5.78 Å². The number of Topliss-reactive ketones (excluding diaryl/α,β-unsaturated/α-hetero) is 1. The third kappa shape index (κ3) is 4.37. The average Bonchev–Trinajstić information content (AvgIpc) is 3.14. The summed E-state index contributed by atoms with van der Waals surface area (Å²) in [5.41, 5.74) is 2.24. The Morgan fingerprint density at radius 3 is 2.46 bits per heavy atom. The van der Waals surface area contributed by atoms with Crippen LogP contribution in [0.3, 0.4) is 0 Å². The first kappa shape index (κ1) is 17.9.